The summed E-state index contributed by atoms with van der Waals surface area (Å²) in [6, 6.07) is 4.76. The number of hydrogen-bond donors (Lipinski definition) is 1. The van der Waals surface area contributed by atoms with Crippen LogP contribution in [0.15, 0.2) is 18.2 Å². The maximum atomic E-state index is 13.5. The smallest absolute Gasteiger partial charge is 0.127 e. The van der Waals surface area contributed by atoms with Gasteiger partial charge in [-0.15, -0.1) is 0 Å². The molecule has 0 amide bonds. The van der Waals surface area contributed by atoms with Crippen LogP contribution in [0.2, 0.25) is 5.02 Å². The number of aliphatic hydroxyl groups excluding tert-OH is 1. The molecule has 1 fully saturated rings. The first-order valence-electron chi connectivity index (χ1n) is 5.49. The van der Waals surface area contributed by atoms with Crippen molar-refractivity contribution >= 4 is 11.6 Å². The molecule has 0 aromatic heterocycles. The van der Waals surface area contributed by atoms with Gasteiger partial charge in [0.15, 0.2) is 0 Å². The van der Waals surface area contributed by atoms with Crippen LogP contribution in [0.5, 0.6) is 0 Å². The van der Waals surface area contributed by atoms with Gasteiger partial charge in [0.25, 0.3) is 0 Å². The van der Waals surface area contributed by atoms with E-state index in [1.807, 2.05) is 0 Å². The Hall–Kier alpha value is -0.640. The Morgan fingerprint density at radius 3 is 3.06 bits per heavy atom. The van der Waals surface area contributed by atoms with Crippen molar-refractivity contribution < 1.29 is 9.50 Å². The van der Waals surface area contributed by atoms with E-state index in [0.29, 0.717) is 17.1 Å². The predicted molar refractivity (Wildman–Crippen MR) is 61.9 cm³/mol. The molecule has 1 N–H and O–H groups in total. The van der Waals surface area contributed by atoms with Gasteiger partial charge in [-0.25, -0.2) is 4.39 Å². The van der Waals surface area contributed by atoms with E-state index in [2.05, 4.69) is 4.90 Å². The Kier molecular flexibility index (Phi) is 3.79. The van der Waals surface area contributed by atoms with Crippen molar-refractivity contribution in [3.63, 3.8) is 0 Å². The second-order valence-corrected chi connectivity index (χ2v) is 4.62. The van der Waals surface area contributed by atoms with Crippen LogP contribution in [-0.4, -0.2) is 29.2 Å². The number of likely N-dealkylation sites (tertiary alicyclic amines) is 1. The second kappa shape index (κ2) is 5.13. The highest BCUT2D eigenvalue weighted by Gasteiger charge is 2.24. The third-order valence-electron chi connectivity index (χ3n) is 3.09. The van der Waals surface area contributed by atoms with Gasteiger partial charge in [-0.3, -0.25) is 4.90 Å². The van der Waals surface area contributed by atoms with Crippen LogP contribution in [0.1, 0.15) is 18.4 Å². The van der Waals surface area contributed by atoms with Crippen LogP contribution in [0.3, 0.4) is 0 Å². The van der Waals surface area contributed by atoms with Gasteiger partial charge in [0, 0.05) is 23.2 Å². The third kappa shape index (κ3) is 2.54. The van der Waals surface area contributed by atoms with Gasteiger partial charge >= 0.3 is 0 Å². The number of nitrogens with zero attached hydrogens (tertiary/aromatic N) is 1. The molecule has 0 unspecified atom stereocenters. The molecule has 1 aliphatic heterocycles. The first-order valence-corrected chi connectivity index (χ1v) is 5.87. The zero-order chi connectivity index (χ0) is 11.5. The van der Waals surface area contributed by atoms with E-state index in [9.17, 15) is 9.50 Å². The SMILES string of the molecule is OC[C@H]1CCCN1Cc1cc(Cl)ccc1F. The monoisotopic (exact) mass is 243 g/mol. The molecular weight excluding hydrogens is 229 g/mol. The van der Waals surface area contributed by atoms with Crippen molar-refractivity contribution in [1.82, 2.24) is 4.90 Å². The van der Waals surface area contributed by atoms with Crippen LogP contribution in [0.25, 0.3) is 0 Å². The Balaban J connectivity index is 2.11. The van der Waals surface area contributed by atoms with Gasteiger partial charge in [0.2, 0.25) is 0 Å². The van der Waals surface area contributed by atoms with E-state index in [1.165, 1.54) is 6.07 Å². The van der Waals surface area contributed by atoms with Gasteiger partial charge in [0.05, 0.1) is 6.61 Å². The van der Waals surface area contributed by atoms with Crippen molar-refractivity contribution in [2.75, 3.05) is 13.2 Å². The molecule has 0 saturated carbocycles. The molecule has 0 radical (unpaired) electrons. The Bertz CT molecular complexity index is 372. The summed E-state index contributed by atoms with van der Waals surface area (Å²) in [6.07, 6.45) is 2.05. The molecule has 2 nitrogen and oxygen atoms in total. The van der Waals surface area contributed by atoms with Gasteiger partial charge in [-0.1, -0.05) is 11.6 Å². The van der Waals surface area contributed by atoms with Crippen LogP contribution in [0, 0.1) is 5.82 Å². The number of halogens is 2. The van der Waals surface area contributed by atoms with Gasteiger partial charge in [-0.2, -0.15) is 0 Å². The second-order valence-electron chi connectivity index (χ2n) is 4.18. The quantitative estimate of drug-likeness (QED) is 0.882. The van der Waals surface area contributed by atoms with Crippen LogP contribution < -0.4 is 0 Å². The van der Waals surface area contributed by atoms with Gasteiger partial charge < -0.3 is 5.11 Å². The van der Waals surface area contributed by atoms with E-state index >= 15 is 0 Å². The highest BCUT2D eigenvalue weighted by atomic mass is 35.5. The third-order valence-corrected chi connectivity index (χ3v) is 3.33. The van der Waals surface area contributed by atoms with Crippen molar-refractivity contribution in [3.8, 4) is 0 Å². The van der Waals surface area contributed by atoms with E-state index in [0.717, 1.165) is 19.4 Å². The summed E-state index contributed by atoms with van der Waals surface area (Å²) < 4.78 is 13.5. The fourth-order valence-electron chi connectivity index (χ4n) is 2.19. The molecule has 16 heavy (non-hydrogen) atoms. The molecule has 88 valence electrons. The summed E-state index contributed by atoms with van der Waals surface area (Å²) >= 11 is 5.84. The maximum absolute atomic E-state index is 13.5. The van der Waals surface area contributed by atoms with Crippen LogP contribution in [0.4, 0.5) is 4.39 Å². The average molecular weight is 244 g/mol. The number of aliphatic hydroxyl groups is 1. The summed E-state index contributed by atoms with van der Waals surface area (Å²) in [4.78, 5) is 2.11. The Labute approximate surface area is 99.6 Å². The van der Waals surface area contributed by atoms with Crippen molar-refractivity contribution in [2.45, 2.75) is 25.4 Å². The van der Waals surface area contributed by atoms with E-state index < -0.39 is 0 Å². The lowest BCUT2D eigenvalue weighted by Crippen LogP contribution is -2.31. The highest BCUT2D eigenvalue weighted by Crippen LogP contribution is 2.22. The highest BCUT2D eigenvalue weighted by molar-refractivity contribution is 6.30. The van der Waals surface area contributed by atoms with Crippen molar-refractivity contribution in [3.05, 3.63) is 34.6 Å². The Morgan fingerprint density at radius 2 is 2.31 bits per heavy atom. The summed E-state index contributed by atoms with van der Waals surface area (Å²) in [5.41, 5.74) is 0.604. The molecule has 1 atom stereocenters. The van der Waals surface area contributed by atoms with Crippen molar-refractivity contribution in [2.24, 2.45) is 0 Å². The van der Waals surface area contributed by atoms with Crippen LogP contribution >= 0.6 is 11.6 Å². The predicted octanol–water partition coefficient (Wildman–Crippen LogP) is 2.44. The standard InChI is InChI=1S/C12H15ClFNO/c13-10-3-4-12(14)9(6-10)7-15-5-1-2-11(15)8-16/h3-4,6,11,16H,1-2,5,7-8H2/t11-/m1/s1. The lowest BCUT2D eigenvalue weighted by molar-refractivity contribution is 0.152. The molecule has 4 heteroatoms. The summed E-state index contributed by atoms with van der Waals surface area (Å²) in [5.74, 6) is -0.229. The largest absolute Gasteiger partial charge is 0.395 e. The molecule has 0 bridgehead atoms. The minimum Gasteiger partial charge on any atom is -0.395 e. The minimum absolute atomic E-state index is 0.141. The summed E-state index contributed by atoms with van der Waals surface area (Å²) in [6.45, 7) is 1.58. The molecule has 0 spiro atoms. The average Bonchev–Trinajstić information content (AvgIpc) is 2.71. The van der Waals surface area contributed by atoms with Crippen LogP contribution in [-0.2, 0) is 6.54 Å². The zero-order valence-electron chi connectivity index (χ0n) is 9.00. The molecular formula is C12H15ClFNO. The fraction of sp³-hybridized carbons (Fsp3) is 0.500. The van der Waals surface area contributed by atoms with Gasteiger partial charge in [0.1, 0.15) is 5.82 Å². The number of benzene rings is 1. The van der Waals surface area contributed by atoms with Gasteiger partial charge in [-0.05, 0) is 37.6 Å². The topological polar surface area (TPSA) is 23.5 Å². The molecule has 2 rings (SSSR count). The fourth-order valence-corrected chi connectivity index (χ4v) is 2.39. The lowest BCUT2D eigenvalue weighted by atomic mass is 10.2. The Morgan fingerprint density at radius 1 is 1.50 bits per heavy atom. The molecule has 0 aliphatic carbocycles. The minimum atomic E-state index is -0.229. The van der Waals surface area contributed by atoms with E-state index in [-0.39, 0.29) is 18.5 Å². The molecule has 1 aromatic rings. The molecule has 1 aliphatic rings. The van der Waals surface area contributed by atoms with E-state index in [1.54, 1.807) is 12.1 Å². The van der Waals surface area contributed by atoms with E-state index in [4.69, 9.17) is 11.6 Å². The number of rotatable bonds is 3. The normalized spacial score (nSPS) is 21.6. The lowest BCUT2D eigenvalue weighted by Gasteiger charge is -2.22. The first kappa shape index (κ1) is 11.8. The molecule has 1 heterocycles. The summed E-state index contributed by atoms with van der Waals surface area (Å²) in [7, 11) is 0. The number of hydrogen-bond acceptors (Lipinski definition) is 2. The molecule has 1 aromatic carbocycles. The summed E-state index contributed by atoms with van der Waals surface area (Å²) in [5, 5.41) is 9.73. The maximum Gasteiger partial charge on any atom is 0.127 e. The molecule has 1 saturated heterocycles. The zero-order valence-corrected chi connectivity index (χ0v) is 9.75. The first-order chi connectivity index (χ1) is 7.70. The van der Waals surface area contributed by atoms with Crippen molar-refractivity contribution in [1.29, 1.82) is 0 Å².